The molecule has 0 aromatic heterocycles. The van der Waals surface area contributed by atoms with Gasteiger partial charge in [-0.05, 0) is 59.5 Å². The van der Waals surface area contributed by atoms with Crippen LogP contribution in [0.25, 0.3) is 0 Å². The van der Waals surface area contributed by atoms with Crippen LogP contribution in [-0.4, -0.2) is 34.5 Å². The fraction of sp³-hybridized carbons (Fsp3) is 0.467. The molecule has 1 saturated heterocycles. The smallest absolute Gasteiger partial charge is 0.326 e. The van der Waals surface area contributed by atoms with Crippen LogP contribution in [0, 0.1) is 9.49 Å². The number of aliphatic carboxylic acids is 1. The van der Waals surface area contributed by atoms with E-state index in [-0.39, 0.29) is 5.91 Å². The maximum absolute atomic E-state index is 12.7. The van der Waals surface area contributed by atoms with Gasteiger partial charge in [0.2, 0.25) is 0 Å². The molecule has 114 valence electrons. The minimum Gasteiger partial charge on any atom is -0.480 e. The standard InChI is InChI=1S/C15H17BrINO3/c1-2-9-5-6-18(13(7-9)15(20)21)14(19)11-8-10(16)3-4-12(11)17/h3-4,8-9,13H,2,5-7H2,1H3,(H,20,21). The van der Waals surface area contributed by atoms with Crippen molar-refractivity contribution in [2.45, 2.75) is 32.2 Å². The maximum atomic E-state index is 12.7. The lowest BCUT2D eigenvalue weighted by molar-refractivity contribution is -0.144. The molecule has 0 spiro atoms. The summed E-state index contributed by atoms with van der Waals surface area (Å²) in [5, 5.41) is 9.44. The van der Waals surface area contributed by atoms with Crippen molar-refractivity contribution in [3.8, 4) is 0 Å². The topological polar surface area (TPSA) is 57.6 Å². The molecule has 1 fully saturated rings. The molecule has 2 rings (SSSR count). The number of amides is 1. The van der Waals surface area contributed by atoms with Crippen molar-refractivity contribution in [2.75, 3.05) is 6.54 Å². The van der Waals surface area contributed by atoms with Crippen molar-refractivity contribution in [3.05, 3.63) is 31.8 Å². The van der Waals surface area contributed by atoms with E-state index in [1.807, 2.05) is 12.1 Å². The number of rotatable bonds is 3. The molecule has 1 aromatic rings. The van der Waals surface area contributed by atoms with E-state index >= 15 is 0 Å². The van der Waals surface area contributed by atoms with Crippen molar-refractivity contribution < 1.29 is 14.7 Å². The number of hydrogen-bond acceptors (Lipinski definition) is 2. The fourth-order valence-corrected chi connectivity index (χ4v) is 3.63. The summed E-state index contributed by atoms with van der Waals surface area (Å²) in [6.45, 7) is 2.58. The van der Waals surface area contributed by atoms with Crippen LogP contribution in [0.1, 0.15) is 36.5 Å². The van der Waals surface area contributed by atoms with E-state index in [1.165, 1.54) is 4.90 Å². The van der Waals surface area contributed by atoms with Gasteiger partial charge in [0, 0.05) is 14.6 Å². The average molecular weight is 466 g/mol. The lowest BCUT2D eigenvalue weighted by Gasteiger charge is -2.37. The third-order valence-electron chi connectivity index (χ3n) is 3.99. The van der Waals surface area contributed by atoms with E-state index in [4.69, 9.17) is 0 Å². The number of likely N-dealkylation sites (tertiary alicyclic amines) is 1. The molecule has 0 bridgehead atoms. The van der Waals surface area contributed by atoms with Crippen LogP contribution in [0.5, 0.6) is 0 Å². The molecule has 0 radical (unpaired) electrons. The largest absolute Gasteiger partial charge is 0.480 e. The number of carboxylic acids is 1. The second-order valence-electron chi connectivity index (χ2n) is 5.28. The Kier molecular flexibility index (Phi) is 5.65. The summed E-state index contributed by atoms with van der Waals surface area (Å²) in [4.78, 5) is 25.7. The van der Waals surface area contributed by atoms with Gasteiger partial charge in [0.25, 0.3) is 5.91 Å². The highest BCUT2D eigenvalue weighted by atomic mass is 127. The summed E-state index contributed by atoms with van der Waals surface area (Å²) in [5.41, 5.74) is 0.561. The SMILES string of the molecule is CCC1CCN(C(=O)c2cc(Br)ccc2I)C(C(=O)O)C1. The molecule has 0 saturated carbocycles. The summed E-state index contributed by atoms with van der Waals surface area (Å²) in [6, 6.07) is 4.77. The summed E-state index contributed by atoms with van der Waals surface area (Å²) >= 11 is 5.47. The number of carbonyl (C=O) groups is 2. The number of piperidine rings is 1. The van der Waals surface area contributed by atoms with Crippen molar-refractivity contribution in [2.24, 2.45) is 5.92 Å². The first-order valence-corrected chi connectivity index (χ1v) is 8.80. The first-order chi connectivity index (χ1) is 9.93. The number of halogens is 2. The summed E-state index contributed by atoms with van der Waals surface area (Å²) in [6.07, 6.45) is 2.37. The molecule has 1 aromatic carbocycles. The normalized spacial score (nSPS) is 22.1. The van der Waals surface area contributed by atoms with Crippen LogP contribution >= 0.6 is 38.5 Å². The van der Waals surface area contributed by atoms with Gasteiger partial charge in [-0.15, -0.1) is 0 Å². The molecule has 2 unspecified atom stereocenters. The number of carboxylic acid groups (broad SMARTS) is 1. The minimum atomic E-state index is -0.911. The molecule has 21 heavy (non-hydrogen) atoms. The number of hydrogen-bond donors (Lipinski definition) is 1. The second kappa shape index (κ2) is 7.09. The molecule has 1 aliphatic heterocycles. The molecular weight excluding hydrogens is 449 g/mol. The van der Waals surface area contributed by atoms with Crippen molar-refractivity contribution in [3.63, 3.8) is 0 Å². The average Bonchev–Trinajstić information content (AvgIpc) is 2.48. The Labute approximate surface area is 146 Å². The molecule has 1 N–H and O–H groups in total. The van der Waals surface area contributed by atoms with Gasteiger partial charge in [-0.3, -0.25) is 4.79 Å². The van der Waals surface area contributed by atoms with Gasteiger partial charge in [-0.1, -0.05) is 29.3 Å². The maximum Gasteiger partial charge on any atom is 0.326 e. The van der Waals surface area contributed by atoms with E-state index in [0.29, 0.717) is 24.4 Å². The third-order valence-corrected chi connectivity index (χ3v) is 5.43. The highest BCUT2D eigenvalue weighted by Crippen LogP contribution is 2.28. The van der Waals surface area contributed by atoms with Crippen LogP contribution in [0.3, 0.4) is 0 Å². The highest BCUT2D eigenvalue weighted by molar-refractivity contribution is 14.1. The fourth-order valence-electron chi connectivity index (χ4n) is 2.70. The lowest BCUT2D eigenvalue weighted by Crippen LogP contribution is -2.50. The van der Waals surface area contributed by atoms with E-state index in [9.17, 15) is 14.7 Å². The van der Waals surface area contributed by atoms with Crippen LogP contribution in [-0.2, 0) is 4.79 Å². The third kappa shape index (κ3) is 3.77. The Bertz CT molecular complexity index is 564. The monoisotopic (exact) mass is 465 g/mol. The van der Waals surface area contributed by atoms with Crippen molar-refractivity contribution in [1.29, 1.82) is 0 Å². The lowest BCUT2D eigenvalue weighted by atomic mass is 9.88. The number of carbonyl (C=O) groups excluding carboxylic acids is 1. The first-order valence-electron chi connectivity index (χ1n) is 6.92. The zero-order valence-electron chi connectivity index (χ0n) is 11.7. The molecule has 6 heteroatoms. The van der Waals surface area contributed by atoms with Crippen molar-refractivity contribution >= 4 is 50.4 Å². The van der Waals surface area contributed by atoms with Crippen LogP contribution < -0.4 is 0 Å². The Hall–Kier alpha value is -0.630. The summed E-state index contributed by atoms with van der Waals surface area (Å²) < 4.78 is 1.66. The van der Waals surface area contributed by atoms with E-state index in [1.54, 1.807) is 6.07 Å². The Balaban J connectivity index is 2.28. The summed E-state index contributed by atoms with van der Waals surface area (Å²) in [7, 11) is 0. The molecule has 1 heterocycles. The molecule has 4 nitrogen and oxygen atoms in total. The van der Waals surface area contributed by atoms with E-state index in [2.05, 4.69) is 45.4 Å². The van der Waals surface area contributed by atoms with Gasteiger partial charge in [0.15, 0.2) is 0 Å². The quantitative estimate of drug-likeness (QED) is 0.691. The zero-order valence-corrected chi connectivity index (χ0v) is 15.4. The van der Waals surface area contributed by atoms with Gasteiger partial charge in [-0.2, -0.15) is 0 Å². The van der Waals surface area contributed by atoms with Gasteiger partial charge >= 0.3 is 5.97 Å². The number of nitrogens with zero attached hydrogens (tertiary/aromatic N) is 1. The predicted molar refractivity (Wildman–Crippen MR) is 92.3 cm³/mol. The van der Waals surface area contributed by atoms with Gasteiger partial charge in [0.05, 0.1) is 5.56 Å². The molecule has 0 aliphatic carbocycles. The molecule has 2 atom stereocenters. The molecular formula is C15H17BrINO3. The van der Waals surface area contributed by atoms with E-state index < -0.39 is 12.0 Å². The Morgan fingerprint density at radius 1 is 1.48 bits per heavy atom. The van der Waals surface area contributed by atoms with Gasteiger partial charge < -0.3 is 10.0 Å². The predicted octanol–water partition coefficient (Wildman–Crippen LogP) is 3.77. The van der Waals surface area contributed by atoms with Crippen LogP contribution in [0.4, 0.5) is 0 Å². The highest BCUT2D eigenvalue weighted by Gasteiger charge is 2.36. The van der Waals surface area contributed by atoms with Gasteiger partial charge in [-0.25, -0.2) is 4.79 Å². The molecule has 1 aliphatic rings. The first kappa shape index (κ1) is 16.7. The Morgan fingerprint density at radius 3 is 2.81 bits per heavy atom. The number of benzene rings is 1. The minimum absolute atomic E-state index is 0.192. The summed E-state index contributed by atoms with van der Waals surface area (Å²) in [5.74, 6) is -0.717. The van der Waals surface area contributed by atoms with Gasteiger partial charge in [0.1, 0.15) is 6.04 Å². The second-order valence-corrected chi connectivity index (χ2v) is 7.35. The van der Waals surface area contributed by atoms with Crippen molar-refractivity contribution in [1.82, 2.24) is 4.90 Å². The Morgan fingerprint density at radius 2 is 2.19 bits per heavy atom. The van der Waals surface area contributed by atoms with Crippen LogP contribution in [0.15, 0.2) is 22.7 Å². The molecule has 1 amide bonds. The zero-order chi connectivity index (χ0) is 15.6. The van der Waals surface area contributed by atoms with E-state index in [0.717, 1.165) is 20.9 Å². The van der Waals surface area contributed by atoms with Crippen LogP contribution in [0.2, 0.25) is 0 Å².